The third-order valence-corrected chi connectivity index (χ3v) is 1.75. The summed E-state index contributed by atoms with van der Waals surface area (Å²) in [6.07, 6.45) is 2.00. The molecule has 1 aliphatic heterocycles. The molecule has 16 nitrogen and oxygen atoms in total. The van der Waals surface area contributed by atoms with Crippen LogP contribution in [0.25, 0.3) is 0 Å². The summed E-state index contributed by atoms with van der Waals surface area (Å²) in [4.78, 5) is 5.53. The number of nitrogens with one attached hydrogen (secondary N) is 2. The molecule has 0 aromatic carbocycles. The van der Waals surface area contributed by atoms with Gasteiger partial charge in [0.15, 0.2) is 0 Å². The van der Waals surface area contributed by atoms with Crippen LogP contribution in [0.15, 0.2) is 12.0 Å². The summed E-state index contributed by atoms with van der Waals surface area (Å²) < 4.78 is 102. The molecule has 28 heavy (non-hydrogen) atoms. The zero-order valence-corrected chi connectivity index (χ0v) is 17.7. The maximum Gasteiger partial charge on any atom is 3.00 e. The Labute approximate surface area is 176 Å². The molecule has 1 radical (unpaired) electrons. The van der Waals surface area contributed by atoms with E-state index >= 15 is 0 Å². The van der Waals surface area contributed by atoms with Gasteiger partial charge in [-0.25, -0.2) is 55.9 Å². The van der Waals surface area contributed by atoms with Crippen LogP contribution in [-0.2, 0) is 22.2 Å². The zero-order valence-electron chi connectivity index (χ0n) is 14.2. The fourth-order valence-corrected chi connectivity index (χ4v) is 1.02. The van der Waals surface area contributed by atoms with Gasteiger partial charge in [-0.05, 0) is 19.9 Å². The number of hydroxylamine groups is 2. The number of rotatable bonds is 4. The Bertz CT molecular complexity index is 340. The van der Waals surface area contributed by atoms with Gasteiger partial charge in [0, 0.05) is 19.6 Å². The third kappa shape index (κ3) is 63.4. The van der Waals surface area contributed by atoms with E-state index in [0.29, 0.717) is 0 Å². The molecule has 0 saturated carbocycles. The SMILES string of the molecule is CCN(CC)OC1=CCNCN1.[Cr+3].[O-][Cl+3]([O-])([O-])[O-].[O-][Cl+3]([O-])([O-])[O-].[O-][Cl+3]([O-])([O-])[O-]. The van der Waals surface area contributed by atoms with Crippen molar-refractivity contribution in [2.24, 2.45) is 0 Å². The topological polar surface area (TPSA) is 313 Å². The van der Waals surface area contributed by atoms with E-state index in [1.54, 1.807) is 0 Å². The van der Waals surface area contributed by atoms with E-state index in [1.165, 1.54) is 0 Å². The molecule has 1 rings (SSSR count). The van der Waals surface area contributed by atoms with E-state index in [9.17, 15) is 0 Å². The molecule has 0 saturated heterocycles. The molecule has 0 spiro atoms. The summed E-state index contributed by atoms with van der Waals surface area (Å²) >= 11 is 0. The summed E-state index contributed by atoms with van der Waals surface area (Å²) in [6, 6.07) is 0. The monoisotopic (exact) mass is 520 g/mol. The first-order valence-corrected chi connectivity index (χ1v) is 10.00. The van der Waals surface area contributed by atoms with Crippen molar-refractivity contribution in [2.45, 2.75) is 13.8 Å². The van der Waals surface area contributed by atoms with Crippen molar-refractivity contribution in [1.29, 1.82) is 0 Å². The summed E-state index contributed by atoms with van der Waals surface area (Å²) in [5.41, 5.74) is 0. The van der Waals surface area contributed by atoms with Crippen molar-refractivity contribution < 1.29 is 109 Å². The smallest absolute Gasteiger partial charge is 0.388 e. The van der Waals surface area contributed by atoms with Crippen LogP contribution in [0.3, 0.4) is 0 Å². The minimum absolute atomic E-state index is 0. The molecule has 0 atom stereocenters. The zero-order chi connectivity index (χ0) is 22.3. The van der Waals surface area contributed by atoms with Crippen molar-refractivity contribution in [3.63, 3.8) is 0 Å². The standard InChI is InChI=1S/C8H17N3O.3ClHO4.Cr/c1-3-11(4-2)12-8-5-6-9-7-10-8;3*2-1(3,4)5;/h5,9-10H,3-4,6-7H2,1-2H3;3*(H,2,3,4,5);/q;;;;+3/p-3. The van der Waals surface area contributed by atoms with E-state index in [1.807, 2.05) is 11.1 Å². The van der Waals surface area contributed by atoms with Crippen molar-refractivity contribution in [2.75, 3.05) is 26.3 Å². The second-order valence-electron chi connectivity index (χ2n) is 3.72. The van der Waals surface area contributed by atoms with E-state index < -0.39 is 30.7 Å². The van der Waals surface area contributed by atoms with Crippen molar-refractivity contribution in [3.05, 3.63) is 12.0 Å². The molecule has 2 N–H and O–H groups in total. The molecule has 0 aromatic heterocycles. The molecule has 0 amide bonds. The minimum atomic E-state index is -4.94. The Kier molecular flexibility index (Phi) is 22.9. The van der Waals surface area contributed by atoms with E-state index in [0.717, 1.165) is 32.2 Å². The van der Waals surface area contributed by atoms with Gasteiger partial charge >= 0.3 is 17.4 Å². The van der Waals surface area contributed by atoms with Crippen LogP contribution in [0.4, 0.5) is 0 Å². The summed E-state index contributed by atoms with van der Waals surface area (Å²) in [6.45, 7) is 7.62. The molecule has 0 aliphatic carbocycles. The summed E-state index contributed by atoms with van der Waals surface area (Å²) in [7, 11) is -14.8. The molecule has 0 unspecified atom stereocenters. The average Bonchev–Trinajstić information content (AvgIpc) is 2.40. The van der Waals surface area contributed by atoms with Gasteiger partial charge < -0.3 is 10.2 Å². The van der Waals surface area contributed by atoms with Gasteiger partial charge in [-0.1, -0.05) is 0 Å². The second-order valence-corrected chi connectivity index (χ2v) is 5.98. The van der Waals surface area contributed by atoms with Crippen molar-refractivity contribution >= 4 is 0 Å². The van der Waals surface area contributed by atoms with Crippen molar-refractivity contribution in [1.82, 2.24) is 15.7 Å². The molecule has 0 fully saturated rings. The quantitative estimate of drug-likeness (QED) is 0.324. The van der Waals surface area contributed by atoms with Crippen LogP contribution >= 0.6 is 0 Å². The largest absolute Gasteiger partial charge is 3.00 e. The van der Waals surface area contributed by atoms with E-state index in [2.05, 4.69) is 24.5 Å². The number of hydrogen-bond acceptors (Lipinski definition) is 16. The number of nitrogens with zero attached hydrogens (tertiary/aromatic N) is 1. The molecular weight excluding hydrogens is 504 g/mol. The van der Waals surface area contributed by atoms with Crippen LogP contribution in [0, 0.1) is 30.7 Å². The number of halogens is 3. The Morgan fingerprint density at radius 2 is 1.14 bits per heavy atom. The Hall–Kier alpha value is 0.182. The van der Waals surface area contributed by atoms with Gasteiger partial charge in [0.25, 0.3) is 0 Å². The van der Waals surface area contributed by atoms with Gasteiger partial charge in [0.2, 0.25) is 5.88 Å². The first-order chi connectivity index (χ1) is 11.9. The molecule has 1 aliphatic rings. The van der Waals surface area contributed by atoms with E-state index in [-0.39, 0.29) is 17.4 Å². The molecule has 0 aromatic rings. The van der Waals surface area contributed by atoms with Crippen molar-refractivity contribution in [3.8, 4) is 0 Å². The fraction of sp³-hybridized carbons (Fsp3) is 0.750. The van der Waals surface area contributed by atoms with Gasteiger partial charge in [-0.15, -0.1) is 35.8 Å². The van der Waals surface area contributed by atoms with Crippen LogP contribution < -0.4 is 66.5 Å². The van der Waals surface area contributed by atoms with Gasteiger partial charge in [-0.2, -0.15) is 0 Å². The molecular formula is C8H17Cl3CrN3O13. The first kappa shape index (κ1) is 35.6. The maximum absolute atomic E-state index is 8.49. The predicted molar refractivity (Wildman–Crippen MR) is 48.1 cm³/mol. The normalized spacial score (nSPS) is 13.8. The predicted octanol–water partition coefficient (Wildman–Crippen LogP) is -14.0. The van der Waals surface area contributed by atoms with Crippen LogP contribution in [-0.4, -0.2) is 31.4 Å². The Balaban J connectivity index is -0.000000153. The Morgan fingerprint density at radius 1 is 0.821 bits per heavy atom. The number of hydrogen-bond donors (Lipinski definition) is 2. The van der Waals surface area contributed by atoms with Gasteiger partial charge in [-0.3, -0.25) is 5.32 Å². The molecule has 0 bridgehead atoms. The van der Waals surface area contributed by atoms with Gasteiger partial charge in [0.1, 0.15) is 0 Å². The van der Waals surface area contributed by atoms with Crippen LogP contribution in [0.5, 0.6) is 0 Å². The summed E-state index contributed by atoms with van der Waals surface area (Å²) in [5, 5.41) is 8.15. The first-order valence-electron chi connectivity index (χ1n) is 6.29. The third-order valence-electron chi connectivity index (χ3n) is 1.75. The van der Waals surface area contributed by atoms with Gasteiger partial charge in [0.05, 0.1) is 6.67 Å². The summed E-state index contributed by atoms with van der Waals surface area (Å²) in [5.74, 6) is 0.859. The molecule has 20 heteroatoms. The minimum Gasteiger partial charge on any atom is -0.388 e. The molecule has 1 heterocycles. The fourth-order valence-electron chi connectivity index (χ4n) is 1.02. The van der Waals surface area contributed by atoms with E-state index in [4.69, 9.17) is 60.7 Å². The molecule has 169 valence electrons. The van der Waals surface area contributed by atoms with Crippen LogP contribution in [0.1, 0.15) is 13.8 Å². The second kappa shape index (κ2) is 18.0. The maximum atomic E-state index is 8.49. The van der Waals surface area contributed by atoms with Crippen LogP contribution in [0.2, 0.25) is 0 Å². The average molecular weight is 522 g/mol. The Morgan fingerprint density at radius 3 is 1.36 bits per heavy atom.